The number of amides is 1. The molecule has 0 bridgehead atoms. The zero-order valence-corrected chi connectivity index (χ0v) is 15.8. The SMILES string of the molecule is CCn1c(=O)c(C)nc2cc(C(=O)O[C@@H](C)C(=O)NCC(C)C)ccc21. The molecule has 1 aromatic heterocycles. The average molecular weight is 359 g/mol. The van der Waals surface area contributed by atoms with Crippen LogP contribution in [0.3, 0.4) is 0 Å². The lowest BCUT2D eigenvalue weighted by atomic mass is 10.2. The van der Waals surface area contributed by atoms with Crippen LogP contribution in [0.15, 0.2) is 23.0 Å². The standard InChI is InChI=1S/C19H25N3O4/c1-6-22-16-8-7-14(9-15(16)21-12(4)18(22)24)19(25)26-13(5)17(23)20-10-11(2)3/h7-9,11,13H,6,10H2,1-5H3,(H,20,23)/t13-/m0/s1. The number of aromatic nitrogens is 2. The molecular formula is C19H25N3O4. The molecule has 0 radical (unpaired) electrons. The first-order chi connectivity index (χ1) is 12.2. The molecule has 0 saturated heterocycles. The smallest absolute Gasteiger partial charge is 0.338 e. The lowest BCUT2D eigenvalue weighted by Gasteiger charge is -2.15. The molecule has 0 aliphatic rings. The topological polar surface area (TPSA) is 90.3 Å². The molecule has 0 unspecified atom stereocenters. The first-order valence-corrected chi connectivity index (χ1v) is 8.74. The molecule has 0 aliphatic carbocycles. The highest BCUT2D eigenvalue weighted by atomic mass is 16.5. The quantitative estimate of drug-likeness (QED) is 0.797. The average Bonchev–Trinajstić information content (AvgIpc) is 2.60. The van der Waals surface area contributed by atoms with Gasteiger partial charge in [0.25, 0.3) is 11.5 Å². The van der Waals surface area contributed by atoms with Gasteiger partial charge in [0.05, 0.1) is 16.6 Å². The van der Waals surface area contributed by atoms with E-state index in [0.717, 1.165) is 0 Å². The molecule has 0 spiro atoms. The monoisotopic (exact) mass is 359 g/mol. The van der Waals surface area contributed by atoms with Crippen molar-refractivity contribution in [2.75, 3.05) is 6.54 Å². The molecule has 1 atom stereocenters. The Morgan fingerprint density at radius 1 is 1.27 bits per heavy atom. The van der Waals surface area contributed by atoms with E-state index in [1.54, 1.807) is 29.7 Å². The molecule has 7 nitrogen and oxygen atoms in total. The summed E-state index contributed by atoms with van der Waals surface area (Å²) in [7, 11) is 0. The number of fused-ring (bicyclic) bond motifs is 1. The van der Waals surface area contributed by atoms with Crippen LogP contribution in [0.5, 0.6) is 0 Å². The number of aryl methyl sites for hydroxylation is 2. The normalized spacial score (nSPS) is 12.2. The van der Waals surface area contributed by atoms with E-state index in [1.807, 2.05) is 20.8 Å². The summed E-state index contributed by atoms with van der Waals surface area (Å²) >= 11 is 0. The van der Waals surface area contributed by atoms with Gasteiger partial charge in [-0.2, -0.15) is 0 Å². The number of nitrogens with zero attached hydrogens (tertiary/aromatic N) is 2. The number of nitrogens with one attached hydrogen (secondary N) is 1. The molecule has 1 N–H and O–H groups in total. The van der Waals surface area contributed by atoms with Gasteiger partial charge in [0.15, 0.2) is 6.10 Å². The van der Waals surface area contributed by atoms with E-state index in [9.17, 15) is 14.4 Å². The summed E-state index contributed by atoms with van der Waals surface area (Å²) < 4.78 is 6.85. The van der Waals surface area contributed by atoms with Gasteiger partial charge >= 0.3 is 5.97 Å². The molecule has 1 aromatic carbocycles. The summed E-state index contributed by atoms with van der Waals surface area (Å²) in [6, 6.07) is 4.83. The van der Waals surface area contributed by atoms with Gasteiger partial charge in [-0.1, -0.05) is 13.8 Å². The van der Waals surface area contributed by atoms with Crippen LogP contribution in [0, 0.1) is 12.8 Å². The summed E-state index contributed by atoms with van der Waals surface area (Å²) in [5.74, 6) is -0.623. The molecule has 1 amide bonds. The molecule has 0 saturated carbocycles. The molecule has 26 heavy (non-hydrogen) atoms. The largest absolute Gasteiger partial charge is 0.449 e. The van der Waals surface area contributed by atoms with E-state index < -0.39 is 12.1 Å². The van der Waals surface area contributed by atoms with Crippen molar-refractivity contribution in [3.63, 3.8) is 0 Å². The number of benzene rings is 1. The first kappa shape index (κ1) is 19.6. The van der Waals surface area contributed by atoms with E-state index in [-0.39, 0.29) is 17.0 Å². The zero-order chi connectivity index (χ0) is 19.4. The maximum Gasteiger partial charge on any atom is 0.338 e. The maximum absolute atomic E-state index is 12.3. The highest BCUT2D eigenvalue weighted by Crippen LogP contribution is 2.15. The van der Waals surface area contributed by atoms with E-state index in [1.165, 1.54) is 6.92 Å². The van der Waals surface area contributed by atoms with E-state index in [2.05, 4.69) is 10.3 Å². The number of hydrogen-bond acceptors (Lipinski definition) is 5. The summed E-state index contributed by atoms with van der Waals surface area (Å²) in [4.78, 5) is 40.7. The van der Waals surface area contributed by atoms with Crippen molar-refractivity contribution in [2.24, 2.45) is 5.92 Å². The van der Waals surface area contributed by atoms with Gasteiger partial charge in [0, 0.05) is 13.1 Å². The van der Waals surface area contributed by atoms with Crippen molar-refractivity contribution in [1.29, 1.82) is 0 Å². The van der Waals surface area contributed by atoms with Crippen LogP contribution in [0.2, 0.25) is 0 Å². The Bertz CT molecular complexity index is 886. The summed E-state index contributed by atoms with van der Waals surface area (Å²) in [6.07, 6.45) is -0.892. The highest BCUT2D eigenvalue weighted by molar-refractivity contribution is 5.95. The first-order valence-electron chi connectivity index (χ1n) is 8.74. The third-order valence-electron chi connectivity index (χ3n) is 4.00. The minimum atomic E-state index is -0.892. The molecule has 140 valence electrons. The number of ether oxygens (including phenoxy) is 1. The van der Waals surface area contributed by atoms with E-state index in [4.69, 9.17) is 4.74 Å². The molecular weight excluding hydrogens is 334 g/mol. The Hall–Kier alpha value is -2.70. The van der Waals surface area contributed by atoms with Gasteiger partial charge < -0.3 is 14.6 Å². The second-order valence-electron chi connectivity index (χ2n) is 6.64. The second-order valence-corrected chi connectivity index (χ2v) is 6.64. The van der Waals surface area contributed by atoms with Crippen molar-refractivity contribution in [3.8, 4) is 0 Å². The van der Waals surface area contributed by atoms with Gasteiger partial charge in [-0.15, -0.1) is 0 Å². The number of esters is 1. The van der Waals surface area contributed by atoms with Crippen molar-refractivity contribution in [2.45, 2.75) is 47.3 Å². The van der Waals surface area contributed by atoms with Crippen LogP contribution < -0.4 is 10.9 Å². The molecule has 0 fully saturated rings. The Morgan fingerprint density at radius 2 is 1.96 bits per heavy atom. The third-order valence-corrected chi connectivity index (χ3v) is 4.00. The van der Waals surface area contributed by atoms with Crippen LogP contribution in [0.25, 0.3) is 11.0 Å². The van der Waals surface area contributed by atoms with Crippen LogP contribution in [0.1, 0.15) is 43.7 Å². The van der Waals surface area contributed by atoms with Gasteiger partial charge in [-0.3, -0.25) is 9.59 Å². The van der Waals surface area contributed by atoms with Crippen LogP contribution in [0.4, 0.5) is 0 Å². The van der Waals surface area contributed by atoms with E-state index >= 15 is 0 Å². The van der Waals surface area contributed by atoms with Crippen LogP contribution in [-0.2, 0) is 16.1 Å². The second kappa shape index (κ2) is 8.12. The van der Waals surface area contributed by atoms with Crippen molar-refractivity contribution < 1.29 is 14.3 Å². The molecule has 2 aromatic rings. The minimum absolute atomic E-state index is 0.147. The van der Waals surface area contributed by atoms with Crippen molar-refractivity contribution in [1.82, 2.24) is 14.9 Å². The fraction of sp³-hybridized carbons (Fsp3) is 0.474. The highest BCUT2D eigenvalue weighted by Gasteiger charge is 2.19. The van der Waals surface area contributed by atoms with Crippen molar-refractivity contribution in [3.05, 3.63) is 39.8 Å². The number of rotatable bonds is 6. The van der Waals surface area contributed by atoms with Crippen LogP contribution in [-0.4, -0.2) is 34.1 Å². The predicted molar refractivity (Wildman–Crippen MR) is 99.1 cm³/mol. The molecule has 0 aliphatic heterocycles. The molecule has 2 rings (SSSR count). The summed E-state index contributed by atoms with van der Waals surface area (Å²) in [5, 5.41) is 2.73. The Labute approximate surface area is 152 Å². The molecule has 1 heterocycles. The lowest BCUT2D eigenvalue weighted by molar-refractivity contribution is -0.129. The fourth-order valence-electron chi connectivity index (χ4n) is 2.55. The lowest BCUT2D eigenvalue weighted by Crippen LogP contribution is -2.37. The molecule has 7 heteroatoms. The van der Waals surface area contributed by atoms with Gasteiger partial charge in [-0.05, 0) is 44.9 Å². The Morgan fingerprint density at radius 3 is 2.58 bits per heavy atom. The van der Waals surface area contributed by atoms with Crippen molar-refractivity contribution >= 4 is 22.9 Å². The summed E-state index contributed by atoms with van der Waals surface area (Å²) in [5.41, 5.74) is 1.70. The summed E-state index contributed by atoms with van der Waals surface area (Å²) in [6.45, 7) is 10.0. The fourth-order valence-corrected chi connectivity index (χ4v) is 2.55. The zero-order valence-electron chi connectivity index (χ0n) is 15.8. The van der Waals surface area contributed by atoms with Gasteiger partial charge in [-0.25, -0.2) is 9.78 Å². The predicted octanol–water partition coefficient (Wildman–Crippen LogP) is 2.04. The van der Waals surface area contributed by atoms with Gasteiger partial charge in [0.1, 0.15) is 5.69 Å². The van der Waals surface area contributed by atoms with Crippen LogP contribution >= 0.6 is 0 Å². The minimum Gasteiger partial charge on any atom is -0.449 e. The van der Waals surface area contributed by atoms with Gasteiger partial charge in [0.2, 0.25) is 0 Å². The Kier molecular flexibility index (Phi) is 6.13. The number of hydrogen-bond donors (Lipinski definition) is 1. The third kappa shape index (κ3) is 4.28. The Balaban J connectivity index is 2.22. The van der Waals surface area contributed by atoms with E-state index in [0.29, 0.717) is 35.7 Å². The number of carbonyl (C=O) groups excluding carboxylic acids is 2. The number of carbonyl (C=O) groups is 2. The maximum atomic E-state index is 12.3.